The van der Waals surface area contributed by atoms with Gasteiger partial charge in [-0.2, -0.15) is 0 Å². The van der Waals surface area contributed by atoms with Gasteiger partial charge in [-0.25, -0.2) is 4.79 Å². The summed E-state index contributed by atoms with van der Waals surface area (Å²) in [6.07, 6.45) is 3.03. The van der Waals surface area contributed by atoms with E-state index in [9.17, 15) is 9.59 Å². The van der Waals surface area contributed by atoms with Crippen LogP contribution in [0.5, 0.6) is 0 Å². The molecule has 0 aromatic carbocycles. The molecule has 15 heavy (non-hydrogen) atoms. The Balaban J connectivity index is 2.28. The van der Waals surface area contributed by atoms with Crippen LogP contribution in [0, 0.1) is 0 Å². The zero-order chi connectivity index (χ0) is 11.1. The first-order valence-electron chi connectivity index (χ1n) is 4.40. The molecule has 80 valence electrons. The number of carbonyl (C=O) groups excluding carboxylic acids is 2. The van der Waals surface area contributed by atoms with Gasteiger partial charge in [0.15, 0.2) is 5.12 Å². The van der Waals surface area contributed by atoms with Gasteiger partial charge in [-0.3, -0.25) is 9.78 Å². The third-order valence-corrected chi connectivity index (χ3v) is 2.30. The number of carbonyl (C=O) groups is 2. The van der Waals surface area contributed by atoms with Crippen LogP contribution in [-0.2, 0) is 9.53 Å². The summed E-state index contributed by atoms with van der Waals surface area (Å²) in [5, 5.41) is 0.0208. The summed E-state index contributed by atoms with van der Waals surface area (Å²) in [5.41, 5.74) is 0.422. The Morgan fingerprint density at radius 3 is 2.93 bits per heavy atom. The molecule has 0 unspecified atom stereocenters. The highest BCUT2D eigenvalue weighted by molar-refractivity contribution is 8.13. The first-order valence-corrected chi connectivity index (χ1v) is 5.39. The number of pyridine rings is 1. The second-order valence-electron chi connectivity index (χ2n) is 2.72. The van der Waals surface area contributed by atoms with E-state index in [1.165, 1.54) is 13.1 Å². The average Bonchev–Trinajstić information content (AvgIpc) is 2.25. The molecule has 5 heteroatoms. The summed E-state index contributed by atoms with van der Waals surface area (Å²) >= 11 is 1.14. The molecule has 0 saturated carbocycles. The summed E-state index contributed by atoms with van der Waals surface area (Å²) in [5.74, 6) is 0.0775. The summed E-state index contributed by atoms with van der Waals surface area (Å²) in [6, 6.07) is 3.30. The van der Waals surface area contributed by atoms with E-state index in [1.807, 2.05) is 0 Å². The van der Waals surface area contributed by atoms with Crippen LogP contribution >= 0.6 is 11.8 Å². The maximum absolute atomic E-state index is 11.3. The van der Waals surface area contributed by atoms with Crippen molar-refractivity contribution >= 4 is 22.8 Å². The predicted molar refractivity (Wildman–Crippen MR) is 57.7 cm³/mol. The number of nitrogens with zero attached hydrogens (tertiary/aromatic N) is 1. The minimum Gasteiger partial charge on any atom is -0.461 e. The van der Waals surface area contributed by atoms with Crippen molar-refractivity contribution in [3.63, 3.8) is 0 Å². The fraction of sp³-hybridized carbons (Fsp3) is 0.300. The van der Waals surface area contributed by atoms with Crippen molar-refractivity contribution in [2.24, 2.45) is 0 Å². The summed E-state index contributed by atoms with van der Waals surface area (Å²) in [4.78, 5) is 25.7. The second-order valence-corrected chi connectivity index (χ2v) is 3.99. The van der Waals surface area contributed by atoms with Crippen LogP contribution in [0.25, 0.3) is 0 Å². The lowest BCUT2D eigenvalue weighted by molar-refractivity contribution is -0.109. The fourth-order valence-corrected chi connectivity index (χ4v) is 1.34. The van der Waals surface area contributed by atoms with E-state index in [-0.39, 0.29) is 11.7 Å². The minimum absolute atomic E-state index is 0.0208. The molecule has 1 rings (SSSR count). The monoisotopic (exact) mass is 225 g/mol. The quantitative estimate of drug-likeness (QED) is 0.574. The van der Waals surface area contributed by atoms with Gasteiger partial charge in [0.05, 0.1) is 5.56 Å². The van der Waals surface area contributed by atoms with Gasteiger partial charge in [0.25, 0.3) is 0 Å². The average molecular weight is 225 g/mol. The third kappa shape index (κ3) is 4.60. The molecule has 0 saturated heterocycles. The Bertz CT molecular complexity index is 340. The van der Waals surface area contributed by atoms with Crippen LogP contribution < -0.4 is 0 Å². The van der Waals surface area contributed by atoms with Crippen molar-refractivity contribution in [3.05, 3.63) is 30.1 Å². The first kappa shape index (κ1) is 11.7. The fourth-order valence-electron chi connectivity index (χ4n) is 0.887. The molecule has 0 fully saturated rings. The highest BCUT2D eigenvalue weighted by atomic mass is 32.2. The highest BCUT2D eigenvalue weighted by Crippen LogP contribution is 2.03. The van der Waals surface area contributed by atoms with Crippen molar-refractivity contribution in [2.45, 2.75) is 6.92 Å². The van der Waals surface area contributed by atoms with Crippen LogP contribution in [0.4, 0.5) is 0 Å². The van der Waals surface area contributed by atoms with Gasteiger partial charge in [-0.15, -0.1) is 0 Å². The molecule has 0 aliphatic carbocycles. The van der Waals surface area contributed by atoms with Crippen LogP contribution in [-0.4, -0.2) is 28.4 Å². The number of rotatable bonds is 4. The smallest absolute Gasteiger partial charge is 0.339 e. The Morgan fingerprint density at radius 2 is 2.33 bits per heavy atom. The molecule has 0 amide bonds. The van der Waals surface area contributed by atoms with Gasteiger partial charge in [0, 0.05) is 25.1 Å². The Kier molecular flexibility index (Phi) is 4.83. The molecule has 0 spiro atoms. The summed E-state index contributed by atoms with van der Waals surface area (Å²) < 4.78 is 4.93. The van der Waals surface area contributed by atoms with E-state index in [0.29, 0.717) is 11.3 Å². The Labute approximate surface area is 92.0 Å². The molecular formula is C10H11NO3S. The van der Waals surface area contributed by atoms with Gasteiger partial charge in [0.2, 0.25) is 0 Å². The number of ether oxygens (including phenoxy) is 1. The molecule has 1 heterocycles. The lowest BCUT2D eigenvalue weighted by Crippen LogP contribution is -2.08. The van der Waals surface area contributed by atoms with E-state index in [0.717, 1.165) is 11.8 Å². The van der Waals surface area contributed by atoms with E-state index in [2.05, 4.69) is 4.98 Å². The van der Waals surface area contributed by atoms with Crippen molar-refractivity contribution < 1.29 is 14.3 Å². The van der Waals surface area contributed by atoms with Gasteiger partial charge >= 0.3 is 5.97 Å². The molecular weight excluding hydrogens is 214 g/mol. The Hall–Kier alpha value is -1.36. The number of thioether (sulfide) groups is 1. The van der Waals surface area contributed by atoms with Gasteiger partial charge in [-0.05, 0) is 12.1 Å². The van der Waals surface area contributed by atoms with Crippen LogP contribution in [0.1, 0.15) is 17.3 Å². The summed E-state index contributed by atoms with van der Waals surface area (Å²) in [6.45, 7) is 1.71. The van der Waals surface area contributed by atoms with E-state index < -0.39 is 5.97 Å². The normalized spacial score (nSPS) is 9.67. The largest absolute Gasteiger partial charge is 0.461 e. The van der Waals surface area contributed by atoms with Gasteiger partial charge < -0.3 is 4.74 Å². The number of esters is 1. The summed E-state index contributed by atoms with van der Waals surface area (Å²) in [7, 11) is 0. The second kappa shape index (κ2) is 6.19. The van der Waals surface area contributed by atoms with Gasteiger partial charge in [-0.1, -0.05) is 11.8 Å². The standard InChI is InChI=1S/C10H11NO3S/c1-8(12)15-6-5-14-10(13)9-3-2-4-11-7-9/h2-4,7H,5-6H2,1H3. The predicted octanol–water partition coefficient (Wildman–Crippen LogP) is 1.52. The van der Waals surface area contributed by atoms with Crippen molar-refractivity contribution in [1.82, 2.24) is 4.98 Å². The van der Waals surface area contributed by atoms with Crippen LogP contribution in [0.3, 0.4) is 0 Å². The zero-order valence-corrected chi connectivity index (χ0v) is 9.12. The zero-order valence-electron chi connectivity index (χ0n) is 8.30. The van der Waals surface area contributed by atoms with Crippen molar-refractivity contribution in [3.8, 4) is 0 Å². The minimum atomic E-state index is -0.410. The lowest BCUT2D eigenvalue weighted by Gasteiger charge is -2.02. The highest BCUT2D eigenvalue weighted by Gasteiger charge is 2.06. The molecule has 1 aromatic heterocycles. The molecule has 0 N–H and O–H groups in total. The molecule has 0 aliphatic rings. The number of aromatic nitrogens is 1. The number of hydrogen-bond acceptors (Lipinski definition) is 5. The molecule has 0 bridgehead atoms. The molecule has 1 aromatic rings. The SMILES string of the molecule is CC(=O)SCCOC(=O)c1cccnc1. The van der Waals surface area contributed by atoms with Crippen LogP contribution in [0.2, 0.25) is 0 Å². The first-order chi connectivity index (χ1) is 7.20. The maximum Gasteiger partial charge on any atom is 0.339 e. The van der Waals surface area contributed by atoms with Crippen molar-refractivity contribution in [1.29, 1.82) is 0 Å². The number of hydrogen-bond donors (Lipinski definition) is 0. The lowest BCUT2D eigenvalue weighted by atomic mass is 10.3. The van der Waals surface area contributed by atoms with Crippen LogP contribution in [0.15, 0.2) is 24.5 Å². The third-order valence-electron chi connectivity index (χ3n) is 1.52. The topological polar surface area (TPSA) is 56.3 Å². The molecule has 4 nitrogen and oxygen atoms in total. The van der Waals surface area contributed by atoms with Gasteiger partial charge in [0.1, 0.15) is 6.61 Å². The molecule has 0 radical (unpaired) electrons. The van der Waals surface area contributed by atoms with E-state index in [1.54, 1.807) is 18.3 Å². The molecule has 0 atom stereocenters. The van der Waals surface area contributed by atoms with E-state index in [4.69, 9.17) is 4.74 Å². The Morgan fingerprint density at radius 1 is 1.53 bits per heavy atom. The van der Waals surface area contributed by atoms with Crippen molar-refractivity contribution in [2.75, 3.05) is 12.4 Å². The molecule has 0 aliphatic heterocycles. The van der Waals surface area contributed by atoms with E-state index >= 15 is 0 Å². The maximum atomic E-state index is 11.3.